The Labute approximate surface area is 221 Å². The fourth-order valence-electron chi connectivity index (χ4n) is 5.36. The van der Waals surface area contributed by atoms with E-state index < -0.39 is 33.5 Å². The van der Waals surface area contributed by atoms with Crippen molar-refractivity contribution in [1.82, 2.24) is 0 Å². The molecule has 0 spiro atoms. The summed E-state index contributed by atoms with van der Waals surface area (Å²) in [6.45, 7) is 5.19. The van der Waals surface area contributed by atoms with Crippen molar-refractivity contribution < 1.29 is 35.1 Å². The summed E-state index contributed by atoms with van der Waals surface area (Å²) in [6, 6.07) is 7.57. The number of aryl methyl sites for hydroxylation is 1. The van der Waals surface area contributed by atoms with Crippen LogP contribution in [-0.2, 0) is 5.41 Å². The zero-order chi connectivity index (χ0) is 27.1. The predicted molar refractivity (Wildman–Crippen MR) is 141 cm³/mol. The summed E-state index contributed by atoms with van der Waals surface area (Å²) in [7, 11) is 1.47. The van der Waals surface area contributed by atoms with E-state index in [1.54, 1.807) is 32.9 Å². The number of aromatic hydroxyl groups is 5. The largest absolute Gasteiger partial charge is 0.508 e. The maximum atomic E-state index is 13.8. The minimum atomic E-state index is -1.08. The Bertz CT molecular complexity index is 1670. The number of carbonyl (C=O) groups is 1. The normalized spacial score (nSPS) is 13.9. The molecule has 37 heavy (non-hydrogen) atoms. The molecule has 5 rings (SSSR count). The second-order valence-electron chi connectivity index (χ2n) is 9.61. The van der Waals surface area contributed by atoms with Crippen molar-refractivity contribution in [3.05, 3.63) is 68.2 Å². The number of methoxy groups -OCH3 is 1. The summed E-state index contributed by atoms with van der Waals surface area (Å²) in [4.78, 5) is 13.8. The van der Waals surface area contributed by atoms with Crippen LogP contribution in [0.1, 0.15) is 46.5 Å². The number of ketones is 1. The van der Waals surface area contributed by atoms with Crippen LogP contribution in [0.15, 0.2) is 30.3 Å². The van der Waals surface area contributed by atoms with Gasteiger partial charge in [0, 0.05) is 28.0 Å². The standard InChI is InChI=1S/C28H22Cl2O7/c1-10-5-13(37-4)9-16(32)17(10)14-8-12(31)6-11-7-15-19(24(33)18(11)14)25(34)20-21(28(15,2)3)22(29)27(36)23(30)26(20)35/h5-9,31-33,35-36H,1-4H3. The first kappa shape index (κ1) is 24.9. The highest BCUT2D eigenvalue weighted by molar-refractivity contribution is 6.40. The molecule has 5 N–H and O–H groups in total. The van der Waals surface area contributed by atoms with Crippen LogP contribution in [0.25, 0.3) is 21.9 Å². The van der Waals surface area contributed by atoms with Crippen LogP contribution in [0.3, 0.4) is 0 Å². The first-order valence-corrected chi connectivity index (χ1v) is 12.0. The van der Waals surface area contributed by atoms with Crippen molar-refractivity contribution in [3.63, 3.8) is 0 Å². The van der Waals surface area contributed by atoms with Crippen LogP contribution in [0.5, 0.6) is 34.5 Å². The van der Waals surface area contributed by atoms with E-state index in [-0.39, 0.29) is 44.2 Å². The maximum absolute atomic E-state index is 13.8. The van der Waals surface area contributed by atoms with E-state index in [0.717, 1.165) is 0 Å². The van der Waals surface area contributed by atoms with Gasteiger partial charge in [0.25, 0.3) is 0 Å². The number of phenols is 5. The molecular formula is C28H22Cl2O7. The van der Waals surface area contributed by atoms with E-state index in [4.69, 9.17) is 27.9 Å². The lowest BCUT2D eigenvalue weighted by Crippen LogP contribution is -2.31. The second kappa shape index (κ2) is 8.10. The Kier molecular flexibility index (Phi) is 5.44. The summed E-state index contributed by atoms with van der Waals surface area (Å²) in [5.41, 5.74) is 0.363. The summed E-state index contributed by atoms with van der Waals surface area (Å²) in [5, 5.41) is 54.1. The quantitative estimate of drug-likeness (QED) is 0.195. The molecule has 0 unspecified atom stereocenters. The van der Waals surface area contributed by atoms with Gasteiger partial charge in [0.1, 0.15) is 33.8 Å². The molecule has 0 fully saturated rings. The van der Waals surface area contributed by atoms with E-state index in [2.05, 4.69) is 0 Å². The molecule has 0 radical (unpaired) electrons. The van der Waals surface area contributed by atoms with Crippen molar-refractivity contribution in [2.45, 2.75) is 26.2 Å². The molecule has 4 aromatic rings. The van der Waals surface area contributed by atoms with Gasteiger partial charge in [-0.2, -0.15) is 0 Å². The number of benzene rings is 4. The Hall–Kier alpha value is -3.81. The second-order valence-corrected chi connectivity index (χ2v) is 10.4. The number of hydrogen-bond donors (Lipinski definition) is 5. The Morgan fingerprint density at radius 2 is 1.49 bits per heavy atom. The van der Waals surface area contributed by atoms with Gasteiger partial charge in [-0.3, -0.25) is 4.79 Å². The molecule has 9 heteroatoms. The Morgan fingerprint density at radius 3 is 2.11 bits per heavy atom. The predicted octanol–water partition coefficient (Wildman–Crippen LogP) is 6.53. The van der Waals surface area contributed by atoms with Crippen LogP contribution >= 0.6 is 23.2 Å². The average Bonchev–Trinajstić information content (AvgIpc) is 2.82. The molecule has 0 saturated carbocycles. The number of halogens is 2. The smallest absolute Gasteiger partial charge is 0.201 e. The van der Waals surface area contributed by atoms with Crippen molar-refractivity contribution >= 4 is 39.8 Å². The molecule has 0 amide bonds. The van der Waals surface area contributed by atoms with E-state index >= 15 is 0 Å². The number of hydrogen-bond acceptors (Lipinski definition) is 7. The number of rotatable bonds is 2. The van der Waals surface area contributed by atoms with Crippen molar-refractivity contribution in [3.8, 4) is 45.6 Å². The SMILES string of the molecule is COc1cc(C)c(-c2cc(O)cc3cc4c(c(O)c23)C(=O)c2c(O)c(Cl)c(O)c(Cl)c2C4(C)C)c(O)c1. The fraction of sp³-hybridized carbons (Fsp3) is 0.179. The van der Waals surface area contributed by atoms with Crippen molar-refractivity contribution in [2.75, 3.05) is 7.11 Å². The van der Waals surface area contributed by atoms with Crippen LogP contribution in [0.2, 0.25) is 10.0 Å². The summed E-state index contributed by atoms with van der Waals surface area (Å²) in [6.07, 6.45) is 0. The molecular weight excluding hydrogens is 519 g/mol. The monoisotopic (exact) mass is 540 g/mol. The highest BCUT2D eigenvalue weighted by atomic mass is 35.5. The molecule has 4 aromatic carbocycles. The molecule has 0 aromatic heterocycles. The third-order valence-corrected chi connectivity index (χ3v) is 7.80. The molecule has 0 bridgehead atoms. The Balaban J connectivity index is 1.93. The van der Waals surface area contributed by atoms with Crippen LogP contribution < -0.4 is 4.74 Å². The Morgan fingerprint density at radius 1 is 0.811 bits per heavy atom. The van der Waals surface area contributed by atoms with Gasteiger partial charge >= 0.3 is 0 Å². The lowest BCUT2D eigenvalue weighted by molar-refractivity contribution is 0.102. The molecule has 190 valence electrons. The molecule has 0 heterocycles. The molecule has 1 aliphatic carbocycles. The average molecular weight is 541 g/mol. The van der Waals surface area contributed by atoms with Gasteiger partial charge in [-0.25, -0.2) is 0 Å². The topological polar surface area (TPSA) is 127 Å². The number of carbonyl (C=O) groups excluding carboxylic acids is 1. The molecule has 1 aliphatic rings. The molecule has 7 nitrogen and oxygen atoms in total. The van der Waals surface area contributed by atoms with Gasteiger partial charge in [0.05, 0.1) is 23.3 Å². The fourth-order valence-corrected chi connectivity index (χ4v) is 6.03. The number of phenolic OH excluding ortho intramolecular Hbond substituents is 5. The summed E-state index contributed by atoms with van der Waals surface area (Å²) in [5.74, 6) is -2.19. The van der Waals surface area contributed by atoms with E-state index in [9.17, 15) is 30.3 Å². The zero-order valence-corrected chi connectivity index (χ0v) is 21.7. The molecule has 0 atom stereocenters. The first-order valence-electron chi connectivity index (χ1n) is 11.2. The highest BCUT2D eigenvalue weighted by Crippen LogP contribution is 2.56. The number of fused-ring (bicyclic) bond motifs is 3. The van der Waals surface area contributed by atoms with Crippen molar-refractivity contribution in [2.24, 2.45) is 0 Å². The third-order valence-electron chi connectivity index (χ3n) is 7.07. The maximum Gasteiger partial charge on any atom is 0.201 e. The minimum Gasteiger partial charge on any atom is -0.508 e. The van der Waals surface area contributed by atoms with Crippen molar-refractivity contribution in [1.29, 1.82) is 0 Å². The van der Waals surface area contributed by atoms with E-state index in [0.29, 0.717) is 27.8 Å². The zero-order valence-electron chi connectivity index (χ0n) is 20.2. The van der Waals surface area contributed by atoms with Crippen LogP contribution in [-0.4, -0.2) is 38.4 Å². The van der Waals surface area contributed by atoms with E-state index in [1.165, 1.54) is 25.3 Å². The minimum absolute atomic E-state index is 0.0873. The van der Waals surface area contributed by atoms with E-state index in [1.807, 2.05) is 0 Å². The molecule has 0 saturated heterocycles. The third kappa shape index (κ3) is 3.31. The highest BCUT2D eigenvalue weighted by Gasteiger charge is 2.44. The van der Waals surface area contributed by atoms with Gasteiger partial charge in [0.2, 0.25) is 5.78 Å². The lowest BCUT2D eigenvalue weighted by Gasteiger charge is -2.36. The molecule has 0 aliphatic heterocycles. The van der Waals surface area contributed by atoms with Gasteiger partial charge < -0.3 is 30.3 Å². The van der Waals surface area contributed by atoms with Gasteiger partial charge in [-0.05, 0) is 53.3 Å². The number of ether oxygens (including phenoxy) is 1. The first-order chi connectivity index (χ1) is 17.3. The van der Waals surface area contributed by atoms with Gasteiger partial charge in [0.15, 0.2) is 5.75 Å². The van der Waals surface area contributed by atoms with Gasteiger partial charge in [-0.1, -0.05) is 37.0 Å². The van der Waals surface area contributed by atoms with Crippen LogP contribution in [0.4, 0.5) is 0 Å². The summed E-state index contributed by atoms with van der Waals surface area (Å²) < 4.78 is 5.22. The lowest BCUT2D eigenvalue weighted by atomic mass is 9.67. The van der Waals surface area contributed by atoms with Crippen LogP contribution in [0, 0.1) is 6.92 Å². The van der Waals surface area contributed by atoms with Gasteiger partial charge in [-0.15, -0.1) is 0 Å². The summed E-state index contributed by atoms with van der Waals surface area (Å²) >= 11 is 12.5.